The number of halogens is 1. The van der Waals surface area contributed by atoms with Crippen molar-refractivity contribution >= 4 is 11.9 Å². The van der Waals surface area contributed by atoms with Crippen LogP contribution in [0.5, 0.6) is 5.88 Å². The second kappa shape index (κ2) is 8.55. The molecule has 1 amide bonds. The Balaban J connectivity index is 1.54. The molecule has 8 nitrogen and oxygen atoms in total. The van der Waals surface area contributed by atoms with Crippen molar-refractivity contribution in [2.75, 3.05) is 38.2 Å². The Labute approximate surface area is 178 Å². The van der Waals surface area contributed by atoms with Gasteiger partial charge in [-0.15, -0.1) is 0 Å². The van der Waals surface area contributed by atoms with Crippen molar-refractivity contribution in [2.24, 2.45) is 0 Å². The first-order chi connectivity index (χ1) is 15.0. The molecule has 3 aromatic rings. The summed E-state index contributed by atoms with van der Waals surface area (Å²) >= 11 is 0. The lowest BCUT2D eigenvalue weighted by atomic mass is 10.1. The zero-order chi connectivity index (χ0) is 22.0. The van der Waals surface area contributed by atoms with E-state index in [1.807, 2.05) is 4.90 Å². The number of methoxy groups -OCH3 is 1. The lowest BCUT2D eigenvalue weighted by Crippen LogP contribution is -2.50. The molecule has 1 aliphatic rings. The van der Waals surface area contributed by atoms with Crippen molar-refractivity contribution in [2.45, 2.75) is 6.92 Å². The first-order valence-electron chi connectivity index (χ1n) is 9.87. The van der Waals surface area contributed by atoms with Gasteiger partial charge in [0.05, 0.1) is 7.11 Å². The van der Waals surface area contributed by atoms with E-state index in [1.54, 1.807) is 43.5 Å². The van der Waals surface area contributed by atoms with Crippen LogP contribution in [0.25, 0.3) is 5.69 Å². The van der Waals surface area contributed by atoms with Crippen molar-refractivity contribution in [3.63, 3.8) is 0 Å². The van der Waals surface area contributed by atoms with Crippen molar-refractivity contribution < 1.29 is 13.9 Å². The summed E-state index contributed by atoms with van der Waals surface area (Å²) < 4.78 is 19.8. The highest BCUT2D eigenvalue weighted by molar-refractivity contribution is 5.95. The molecule has 0 radical (unpaired) electrons. The van der Waals surface area contributed by atoms with Gasteiger partial charge in [-0.1, -0.05) is 0 Å². The van der Waals surface area contributed by atoms with Crippen molar-refractivity contribution in [1.29, 1.82) is 0 Å². The van der Waals surface area contributed by atoms with E-state index in [0.717, 1.165) is 0 Å². The van der Waals surface area contributed by atoms with E-state index < -0.39 is 11.4 Å². The number of pyridine rings is 1. The van der Waals surface area contributed by atoms with Crippen LogP contribution in [0.3, 0.4) is 0 Å². The fourth-order valence-electron chi connectivity index (χ4n) is 3.56. The van der Waals surface area contributed by atoms with E-state index in [-0.39, 0.29) is 11.5 Å². The van der Waals surface area contributed by atoms with Gasteiger partial charge in [-0.25, -0.2) is 9.37 Å². The number of anilines is 1. The van der Waals surface area contributed by atoms with Crippen LogP contribution in [0.4, 0.5) is 10.3 Å². The van der Waals surface area contributed by atoms with Crippen LogP contribution >= 0.6 is 0 Å². The van der Waals surface area contributed by atoms with Crippen molar-refractivity contribution in [3.8, 4) is 11.6 Å². The molecule has 31 heavy (non-hydrogen) atoms. The minimum absolute atomic E-state index is 0.123. The largest absolute Gasteiger partial charge is 0.481 e. The SMILES string of the molecule is COc1ccnc(N2CCN(C(=O)c3c(C)ccn(-c4ccc(F)cc4)c3=O)CC2)n1. The number of piperazine rings is 1. The molecule has 0 unspecified atom stereocenters. The molecule has 160 valence electrons. The number of nitrogens with zero attached hydrogens (tertiary/aromatic N) is 5. The molecule has 0 N–H and O–H groups in total. The normalized spacial score (nSPS) is 13.9. The minimum atomic E-state index is -0.421. The molecule has 1 fully saturated rings. The summed E-state index contributed by atoms with van der Waals surface area (Å²) in [4.78, 5) is 38.5. The minimum Gasteiger partial charge on any atom is -0.481 e. The number of aryl methyl sites for hydroxylation is 1. The number of carbonyl (C=O) groups excluding carboxylic acids is 1. The molecule has 0 aliphatic carbocycles. The van der Waals surface area contributed by atoms with E-state index in [1.165, 1.54) is 28.8 Å². The molecule has 0 saturated carbocycles. The number of benzene rings is 1. The van der Waals surface area contributed by atoms with Gasteiger partial charge < -0.3 is 14.5 Å². The van der Waals surface area contributed by atoms with Gasteiger partial charge in [0.1, 0.15) is 11.4 Å². The molecule has 1 saturated heterocycles. The lowest BCUT2D eigenvalue weighted by Gasteiger charge is -2.34. The van der Waals surface area contributed by atoms with Crippen molar-refractivity contribution in [1.82, 2.24) is 19.4 Å². The highest BCUT2D eigenvalue weighted by atomic mass is 19.1. The molecule has 0 spiro atoms. The molecule has 3 heterocycles. The van der Waals surface area contributed by atoms with Gasteiger partial charge in [0.2, 0.25) is 11.8 Å². The Morgan fingerprint density at radius 2 is 1.77 bits per heavy atom. The van der Waals surface area contributed by atoms with Crippen LogP contribution in [-0.2, 0) is 0 Å². The zero-order valence-electron chi connectivity index (χ0n) is 17.3. The Kier molecular flexibility index (Phi) is 5.66. The summed E-state index contributed by atoms with van der Waals surface area (Å²) in [6, 6.07) is 8.97. The monoisotopic (exact) mass is 423 g/mol. The van der Waals surface area contributed by atoms with E-state index in [0.29, 0.717) is 49.3 Å². The van der Waals surface area contributed by atoms with Gasteiger partial charge in [0, 0.05) is 50.3 Å². The van der Waals surface area contributed by atoms with E-state index >= 15 is 0 Å². The first kappa shape index (κ1) is 20.5. The summed E-state index contributed by atoms with van der Waals surface area (Å²) in [5, 5.41) is 0. The average Bonchev–Trinajstić information content (AvgIpc) is 2.80. The van der Waals surface area contributed by atoms with Crippen LogP contribution in [0, 0.1) is 12.7 Å². The second-order valence-corrected chi connectivity index (χ2v) is 7.20. The molecule has 9 heteroatoms. The van der Waals surface area contributed by atoms with Gasteiger partial charge in [0.25, 0.3) is 11.5 Å². The molecule has 2 aromatic heterocycles. The third-order valence-electron chi connectivity index (χ3n) is 5.30. The maximum absolute atomic E-state index is 13.2. The van der Waals surface area contributed by atoms with Gasteiger partial charge in [-0.3, -0.25) is 14.2 Å². The van der Waals surface area contributed by atoms with E-state index in [9.17, 15) is 14.0 Å². The average molecular weight is 423 g/mol. The van der Waals surface area contributed by atoms with Crippen LogP contribution in [0.2, 0.25) is 0 Å². The molecule has 4 rings (SSSR count). The number of aromatic nitrogens is 3. The number of hydrogen-bond donors (Lipinski definition) is 0. The van der Waals surface area contributed by atoms with Crippen LogP contribution in [0.15, 0.2) is 53.6 Å². The number of ether oxygens (including phenoxy) is 1. The molecular formula is C22H22FN5O3. The smallest absolute Gasteiger partial charge is 0.268 e. The van der Waals surface area contributed by atoms with Crippen LogP contribution < -0.4 is 15.2 Å². The quantitative estimate of drug-likeness (QED) is 0.639. The van der Waals surface area contributed by atoms with Gasteiger partial charge in [0.15, 0.2) is 0 Å². The summed E-state index contributed by atoms with van der Waals surface area (Å²) in [5.41, 5.74) is 0.806. The molecular weight excluding hydrogens is 401 g/mol. The highest BCUT2D eigenvalue weighted by Crippen LogP contribution is 2.17. The Bertz CT molecular complexity index is 1150. The predicted molar refractivity (Wildman–Crippen MR) is 113 cm³/mol. The Morgan fingerprint density at radius 1 is 1.06 bits per heavy atom. The topological polar surface area (TPSA) is 80.6 Å². The maximum Gasteiger partial charge on any atom is 0.268 e. The summed E-state index contributed by atoms with van der Waals surface area (Å²) in [7, 11) is 1.55. The van der Waals surface area contributed by atoms with E-state index in [4.69, 9.17) is 4.74 Å². The summed E-state index contributed by atoms with van der Waals surface area (Å²) in [6.45, 7) is 3.69. The molecule has 1 aromatic carbocycles. The van der Waals surface area contributed by atoms with Gasteiger partial charge in [-0.05, 0) is 42.8 Å². The van der Waals surface area contributed by atoms with Gasteiger partial charge in [-0.2, -0.15) is 4.98 Å². The number of rotatable bonds is 4. The van der Waals surface area contributed by atoms with Gasteiger partial charge >= 0.3 is 0 Å². The van der Waals surface area contributed by atoms with Crippen LogP contribution in [0.1, 0.15) is 15.9 Å². The summed E-state index contributed by atoms with van der Waals surface area (Å²) in [5.74, 6) is 0.314. The predicted octanol–water partition coefficient (Wildman–Crippen LogP) is 2.05. The highest BCUT2D eigenvalue weighted by Gasteiger charge is 2.27. The zero-order valence-corrected chi connectivity index (χ0v) is 17.3. The van der Waals surface area contributed by atoms with E-state index in [2.05, 4.69) is 9.97 Å². The van der Waals surface area contributed by atoms with Crippen molar-refractivity contribution in [3.05, 3.63) is 76.1 Å². The molecule has 0 bridgehead atoms. The second-order valence-electron chi connectivity index (χ2n) is 7.20. The molecule has 0 atom stereocenters. The maximum atomic E-state index is 13.2. The lowest BCUT2D eigenvalue weighted by molar-refractivity contribution is 0.0743. The fraction of sp³-hybridized carbons (Fsp3) is 0.273. The summed E-state index contributed by atoms with van der Waals surface area (Å²) in [6.07, 6.45) is 3.23. The number of hydrogen-bond acceptors (Lipinski definition) is 6. The Hall–Kier alpha value is -3.75. The first-order valence-corrected chi connectivity index (χ1v) is 9.87. The Morgan fingerprint density at radius 3 is 2.45 bits per heavy atom. The standard InChI is InChI=1S/C22H22FN5O3/c1-15-8-10-28(17-5-3-16(23)4-6-17)21(30)19(15)20(29)26-11-13-27(14-12-26)22-24-9-7-18(25-22)31-2/h3-10H,11-14H2,1-2H3. The third-order valence-corrected chi connectivity index (χ3v) is 5.30. The number of amides is 1. The third kappa shape index (κ3) is 4.11. The van der Waals surface area contributed by atoms with Crippen LogP contribution in [-0.4, -0.2) is 58.6 Å². The molecule has 1 aliphatic heterocycles. The number of carbonyl (C=O) groups is 1. The fourth-order valence-corrected chi connectivity index (χ4v) is 3.56.